The SMILES string of the molecule is CCOc1ccc(NCc2cc(F)c(F)c(F)c2)cc1F. The fourth-order valence-corrected chi connectivity index (χ4v) is 1.80. The van der Waals surface area contributed by atoms with Crippen molar-refractivity contribution in [2.45, 2.75) is 13.5 Å². The number of nitrogens with one attached hydrogen (secondary N) is 1. The van der Waals surface area contributed by atoms with Gasteiger partial charge in [0.25, 0.3) is 0 Å². The normalized spacial score (nSPS) is 10.5. The minimum atomic E-state index is -1.51. The molecule has 6 heteroatoms. The molecule has 2 nitrogen and oxygen atoms in total. The van der Waals surface area contributed by atoms with Crippen molar-refractivity contribution >= 4 is 5.69 Å². The molecule has 2 aromatic rings. The zero-order valence-corrected chi connectivity index (χ0v) is 11.2. The maximum Gasteiger partial charge on any atom is 0.194 e. The lowest BCUT2D eigenvalue weighted by atomic mass is 10.2. The molecule has 0 radical (unpaired) electrons. The quantitative estimate of drug-likeness (QED) is 0.658. The molecule has 0 saturated carbocycles. The van der Waals surface area contributed by atoms with E-state index in [-0.39, 0.29) is 17.9 Å². The molecule has 0 saturated heterocycles. The third-order valence-corrected chi connectivity index (χ3v) is 2.77. The summed E-state index contributed by atoms with van der Waals surface area (Å²) in [6.45, 7) is 2.11. The standard InChI is InChI=1S/C15H13F4NO/c1-2-21-14-4-3-10(7-11(14)16)20-8-9-5-12(17)15(19)13(18)6-9/h3-7,20H,2,8H2,1H3. The molecule has 0 bridgehead atoms. The molecule has 0 aliphatic rings. The fraction of sp³-hybridized carbons (Fsp3) is 0.200. The van der Waals surface area contributed by atoms with E-state index in [9.17, 15) is 17.6 Å². The van der Waals surface area contributed by atoms with Crippen LogP contribution in [0.4, 0.5) is 23.2 Å². The highest BCUT2D eigenvalue weighted by Gasteiger charge is 2.10. The zero-order chi connectivity index (χ0) is 15.4. The third kappa shape index (κ3) is 3.65. The van der Waals surface area contributed by atoms with Gasteiger partial charge in [-0.2, -0.15) is 0 Å². The number of halogens is 4. The van der Waals surface area contributed by atoms with Gasteiger partial charge in [-0.25, -0.2) is 17.6 Å². The van der Waals surface area contributed by atoms with Crippen LogP contribution >= 0.6 is 0 Å². The summed E-state index contributed by atoms with van der Waals surface area (Å²) < 4.78 is 57.6. The molecule has 0 fully saturated rings. The Morgan fingerprint density at radius 1 is 0.952 bits per heavy atom. The molecule has 2 rings (SSSR count). The molecule has 0 aromatic heterocycles. The summed E-state index contributed by atoms with van der Waals surface area (Å²) in [7, 11) is 0. The Balaban J connectivity index is 2.08. The first-order chi connectivity index (χ1) is 10.0. The smallest absolute Gasteiger partial charge is 0.194 e. The first kappa shape index (κ1) is 15.2. The Morgan fingerprint density at radius 3 is 2.19 bits per heavy atom. The summed E-state index contributed by atoms with van der Waals surface area (Å²) in [6.07, 6.45) is 0. The molecule has 0 unspecified atom stereocenters. The predicted molar refractivity (Wildman–Crippen MR) is 71.2 cm³/mol. The highest BCUT2D eigenvalue weighted by Crippen LogP contribution is 2.22. The molecule has 2 aromatic carbocycles. The molecule has 0 aliphatic carbocycles. The Labute approximate surface area is 119 Å². The predicted octanol–water partition coefficient (Wildman–Crippen LogP) is 4.25. The van der Waals surface area contributed by atoms with Gasteiger partial charge in [0.05, 0.1) is 6.61 Å². The highest BCUT2D eigenvalue weighted by molar-refractivity contribution is 5.47. The van der Waals surface area contributed by atoms with E-state index >= 15 is 0 Å². The van der Waals surface area contributed by atoms with Crippen molar-refractivity contribution in [1.82, 2.24) is 0 Å². The monoisotopic (exact) mass is 299 g/mol. The molecule has 112 valence electrons. The average Bonchev–Trinajstić information content (AvgIpc) is 2.45. The van der Waals surface area contributed by atoms with Gasteiger partial charge in [-0.1, -0.05) is 0 Å². The van der Waals surface area contributed by atoms with Crippen LogP contribution < -0.4 is 10.1 Å². The largest absolute Gasteiger partial charge is 0.491 e. The second kappa shape index (κ2) is 6.47. The van der Waals surface area contributed by atoms with Crippen LogP contribution in [0.2, 0.25) is 0 Å². The summed E-state index contributed by atoms with van der Waals surface area (Å²) in [5, 5.41) is 2.79. The summed E-state index contributed by atoms with van der Waals surface area (Å²) >= 11 is 0. The van der Waals surface area contributed by atoms with E-state index in [1.807, 2.05) is 0 Å². The first-order valence-corrected chi connectivity index (χ1v) is 6.31. The van der Waals surface area contributed by atoms with Crippen LogP contribution in [0.1, 0.15) is 12.5 Å². The minimum absolute atomic E-state index is 0.0293. The highest BCUT2D eigenvalue weighted by atomic mass is 19.2. The van der Waals surface area contributed by atoms with Gasteiger partial charge in [0.1, 0.15) is 0 Å². The number of hydrogen-bond donors (Lipinski definition) is 1. The molecule has 0 aliphatic heterocycles. The Kier molecular flexibility index (Phi) is 4.67. The summed E-state index contributed by atoms with van der Waals surface area (Å²) in [5.74, 6) is -4.44. The van der Waals surface area contributed by atoms with Gasteiger partial charge in [0.15, 0.2) is 29.0 Å². The van der Waals surface area contributed by atoms with Gasteiger partial charge in [-0.05, 0) is 36.8 Å². The molecule has 21 heavy (non-hydrogen) atoms. The zero-order valence-electron chi connectivity index (χ0n) is 11.2. The van der Waals surface area contributed by atoms with Crippen molar-refractivity contribution in [3.8, 4) is 5.75 Å². The number of benzene rings is 2. The van der Waals surface area contributed by atoms with E-state index in [1.54, 1.807) is 13.0 Å². The van der Waals surface area contributed by atoms with Crippen LogP contribution in [0.25, 0.3) is 0 Å². The lowest BCUT2D eigenvalue weighted by Gasteiger charge is -2.10. The average molecular weight is 299 g/mol. The third-order valence-electron chi connectivity index (χ3n) is 2.77. The number of anilines is 1. The summed E-state index contributed by atoms with van der Waals surface area (Å²) in [6, 6.07) is 6.01. The van der Waals surface area contributed by atoms with Gasteiger partial charge >= 0.3 is 0 Å². The molecule has 0 heterocycles. The van der Waals surface area contributed by atoms with Gasteiger partial charge in [0, 0.05) is 18.3 Å². The Bertz CT molecular complexity index is 623. The van der Waals surface area contributed by atoms with Gasteiger partial charge in [0.2, 0.25) is 0 Å². The number of hydrogen-bond acceptors (Lipinski definition) is 2. The second-order valence-corrected chi connectivity index (χ2v) is 4.31. The van der Waals surface area contributed by atoms with Gasteiger partial charge < -0.3 is 10.1 Å². The Morgan fingerprint density at radius 2 is 1.62 bits per heavy atom. The maximum atomic E-state index is 13.6. The van der Waals surface area contributed by atoms with Crippen LogP contribution in [0.5, 0.6) is 5.75 Å². The minimum Gasteiger partial charge on any atom is -0.491 e. The van der Waals surface area contributed by atoms with Gasteiger partial charge in [-0.3, -0.25) is 0 Å². The molecule has 0 amide bonds. The molecular formula is C15H13F4NO. The molecule has 1 N–H and O–H groups in total. The fourth-order valence-electron chi connectivity index (χ4n) is 1.80. The molecule has 0 atom stereocenters. The number of rotatable bonds is 5. The second-order valence-electron chi connectivity index (χ2n) is 4.31. The van der Waals surface area contributed by atoms with Crippen LogP contribution in [0, 0.1) is 23.3 Å². The summed E-state index contributed by atoms with van der Waals surface area (Å²) in [5.41, 5.74) is 0.627. The van der Waals surface area contributed by atoms with Crippen LogP contribution in [0.3, 0.4) is 0 Å². The van der Waals surface area contributed by atoms with E-state index in [4.69, 9.17) is 4.74 Å². The number of ether oxygens (including phenoxy) is 1. The van der Waals surface area contributed by atoms with E-state index in [1.165, 1.54) is 12.1 Å². The first-order valence-electron chi connectivity index (χ1n) is 6.31. The lowest BCUT2D eigenvalue weighted by Crippen LogP contribution is -2.03. The molecule has 0 spiro atoms. The van der Waals surface area contributed by atoms with Crippen molar-refractivity contribution in [2.75, 3.05) is 11.9 Å². The van der Waals surface area contributed by atoms with Crippen molar-refractivity contribution in [3.63, 3.8) is 0 Å². The summed E-state index contributed by atoms with van der Waals surface area (Å²) in [4.78, 5) is 0. The molecular weight excluding hydrogens is 286 g/mol. The maximum absolute atomic E-state index is 13.6. The van der Waals surface area contributed by atoms with Crippen molar-refractivity contribution in [3.05, 3.63) is 59.2 Å². The van der Waals surface area contributed by atoms with E-state index in [0.717, 1.165) is 12.1 Å². The topological polar surface area (TPSA) is 21.3 Å². The van der Waals surface area contributed by atoms with Crippen LogP contribution in [-0.4, -0.2) is 6.61 Å². The van der Waals surface area contributed by atoms with E-state index in [2.05, 4.69) is 5.32 Å². The van der Waals surface area contributed by atoms with Gasteiger partial charge in [-0.15, -0.1) is 0 Å². The lowest BCUT2D eigenvalue weighted by molar-refractivity contribution is 0.321. The van der Waals surface area contributed by atoms with Crippen molar-refractivity contribution < 1.29 is 22.3 Å². The van der Waals surface area contributed by atoms with Crippen molar-refractivity contribution in [1.29, 1.82) is 0 Å². The van der Waals surface area contributed by atoms with E-state index < -0.39 is 23.3 Å². The Hall–Kier alpha value is -2.24. The van der Waals surface area contributed by atoms with Crippen molar-refractivity contribution in [2.24, 2.45) is 0 Å². The van der Waals surface area contributed by atoms with E-state index in [0.29, 0.717) is 12.3 Å². The van der Waals surface area contributed by atoms with Crippen LogP contribution in [0.15, 0.2) is 30.3 Å². The van der Waals surface area contributed by atoms with Crippen LogP contribution in [-0.2, 0) is 6.54 Å².